The largest absolute Gasteiger partial charge is 0.495 e. The van der Waals surface area contributed by atoms with E-state index in [1.54, 1.807) is 19.2 Å². The zero-order valence-corrected chi connectivity index (χ0v) is 15.7. The minimum absolute atomic E-state index is 0.123. The highest BCUT2D eigenvalue weighted by Crippen LogP contribution is 2.32. The van der Waals surface area contributed by atoms with Crippen molar-refractivity contribution in [2.75, 3.05) is 30.4 Å². The van der Waals surface area contributed by atoms with Crippen LogP contribution in [0.2, 0.25) is 0 Å². The van der Waals surface area contributed by atoms with Gasteiger partial charge in [0.1, 0.15) is 23.2 Å². The molecule has 0 spiro atoms. The zero-order valence-electron chi connectivity index (χ0n) is 15.7. The first-order valence-corrected chi connectivity index (χ1v) is 9.01. The molecule has 0 saturated carbocycles. The topological polar surface area (TPSA) is 80.5 Å². The Morgan fingerprint density at radius 2 is 1.93 bits per heavy atom. The molecule has 0 bridgehead atoms. The van der Waals surface area contributed by atoms with Crippen LogP contribution >= 0.6 is 0 Å². The number of methoxy groups -OCH3 is 1. The normalized spacial score (nSPS) is 10.9. The van der Waals surface area contributed by atoms with Crippen molar-refractivity contribution < 1.29 is 13.9 Å². The summed E-state index contributed by atoms with van der Waals surface area (Å²) in [5.74, 6) is 1.04. The van der Waals surface area contributed by atoms with Gasteiger partial charge in [-0.15, -0.1) is 0 Å². The van der Waals surface area contributed by atoms with Gasteiger partial charge in [0.25, 0.3) is 0 Å². The summed E-state index contributed by atoms with van der Waals surface area (Å²) in [5, 5.41) is 3.82. The molecule has 1 amide bonds. The number of fused-ring (bicyclic) bond motifs is 3. The fraction of sp³-hybridized carbons (Fsp3) is 0.190. The van der Waals surface area contributed by atoms with Gasteiger partial charge >= 0.3 is 0 Å². The fourth-order valence-corrected chi connectivity index (χ4v) is 3.18. The highest BCUT2D eigenvalue weighted by molar-refractivity contribution is 6.06. The second-order valence-electron chi connectivity index (χ2n) is 6.24. The quantitative estimate of drug-likeness (QED) is 0.551. The number of amides is 1. The molecule has 0 unspecified atom stereocenters. The van der Waals surface area contributed by atoms with Crippen LogP contribution in [-0.4, -0.2) is 36.1 Å². The van der Waals surface area contributed by atoms with Gasteiger partial charge in [0.05, 0.1) is 19.3 Å². The molecule has 142 valence electrons. The molecule has 4 rings (SSSR count). The number of nitrogens with zero attached hydrogens (tertiary/aromatic N) is 3. The Bertz CT molecular complexity index is 1140. The molecule has 4 aromatic rings. The maximum absolute atomic E-state index is 12.6. The van der Waals surface area contributed by atoms with E-state index in [4.69, 9.17) is 9.15 Å². The standard InChI is InChI=1S/C21H20N4O3/c1-3-25(12-18(26)24-15-9-5-7-11-17(15)27-2)21-20-19(22-13-23-21)14-8-4-6-10-16(14)28-20/h4-11,13H,3,12H2,1-2H3,(H,24,26). The van der Waals surface area contributed by atoms with E-state index in [0.717, 1.165) is 16.5 Å². The number of carbonyl (C=O) groups excluding carboxylic acids is 1. The van der Waals surface area contributed by atoms with Crippen LogP contribution in [0.3, 0.4) is 0 Å². The smallest absolute Gasteiger partial charge is 0.244 e. The van der Waals surface area contributed by atoms with Gasteiger partial charge in [-0.2, -0.15) is 0 Å². The summed E-state index contributed by atoms with van der Waals surface area (Å²) in [6.45, 7) is 2.67. The lowest BCUT2D eigenvalue weighted by molar-refractivity contribution is -0.115. The van der Waals surface area contributed by atoms with Gasteiger partial charge in [-0.05, 0) is 31.2 Å². The number of furan rings is 1. The molecular formula is C21H20N4O3. The second kappa shape index (κ2) is 7.56. The Kier molecular flexibility index (Phi) is 4.80. The summed E-state index contributed by atoms with van der Waals surface area (Å²) in [6.07, 6.45) is 1.50. The number of rotatable bonds is 6. The Hall–Kier alpha value is -3.61. The van der Waals surface area contributed by atoms with Crippen LogP contribution in [0.25, 0.3) is 22.1 Å². The molecule has 0 radical (unpaired) electrons. The number of ether oxygens (including phenoxy) is 1. The number of carbonyl (C=O) groups is 1. The van der Waals surface area contributed by atoms with Crippen molar-refractivity contribution in [1.82, 2.24) is 9.97 Å². The van der Waals surface area contributed by atoms with Crippen molar-refractivity contribution in [3.63, 3.8) is 0 Å². The van der Waals surface area contributed by atoms with Crippen LogP contribution < -0.4 is 15.0 Å². The molecular weight excluding hydrogens is 356 g/mol. The van der Waals surface area contributed by atoms with Crippen LogP contribution in [0.15, 0.2) is 59.3 Å². The summed E-state index contributed by atoms with van der Waals surface area (Å²) in [4.78, 5) is 23.3. The molecule has 0 saturated heterocycles. The number of nitrogens with one attached hydrogen (secondary N) is 1. The molecule has 0 aliphatic heterocycles. The third-order valence-corrected chi connectivity index (χ3v) is 4.54. The molecule has 2 aromatic heterocycles. The van der Waals surface area contributed by atoms with Gasteiger partial charge in [0.2, 0.25) is 5.91 Å². The van der Waals surface area contributed by atoms with E-state index in [0.29, 0.717) is 29.4 Å². The van der Waals surface area contributed by atoms with E-state index >= 15 is 0 Å². The van der Waals surface area contributed by atoms with Gasteiger partial charge in [-0.1, -0.05) is 24.3 Å². The van der Waals surface area contributed by atoms with Crippen molar-refractivity contribution >= 4 is 39.5 Å². The summed E-state index contributed by atoms with van der Waals surface area (Å²) in [5.41, 5.74) is 2.69. The van der Waals surface area contributed by atoms with E-state index in [9.17, 15) is 4.79 Å². The van der Waals surface area contributed by atoms with Crippen molar-refractivity contribution in [3.8, 4) is 5.75 Å². The maximum Gasteiger partial charge on any atom is 0.244 e. The maximum atomic E-state index is 12.6. The average molecular weight is 376 g/mol. The molecule has 0 aliphatic carbocycles. The highest BCUT2D eigenvalue weighted by atomic mass is 16.5. The van der Waals surface area contributed by atoms with E-state index in [1.807, 2.05) is 48.2 Å². The number of hydrogen-bond acceptors (Lipinski definition) is 6. The minimum Gasteiger partial charge on any atom is -0.495 e. The Labute approximate surface area is 161 Å². The number of benzene rings is 2. The molecule has 7 nitrogen and oxygen atoms in total. The third-order valence-electron chi connectivity index (χ3n) is 4.54. The van der Waals surface area contributed by atoms with Crippen molar-refractivity contribution in [2.24, 2.45) is 0 Å². The lowest BCUT2D eigenvalue weighted by Gasteiger charge is -2.21. The monoisotopic (exact) mass is 376 g/mol. The predicted molar refractivity (Wildman–Crippen MR) is 109 cm³/mol. The molecule has 0 fully saturated rings. The van der Waals surface area contributed by atoms with Crippen LogP contribution in [0.4, 0.5) is 11.5 Å². The number of likely N-dealkylation sites (N-methyl/N-ethyl adjacent to an activating group) is 1. The fourth-order valence-electron chi connectivity index (χ4n) is 3.18. The summed E-state index contributed by atoms with van der Waals surface area (Å²) < 4.78 is 11.3. The lowest BCUT2D eigenvalue weighted by Crippen LogP contribution is -2.33. The number of hydrogen-bond donors (Lipinski definition) is 1. The minimum atomic E-state index is -0.172. The van der Waals surface area contributed by atoms with Crippen LogP contribution in [0.1, 0.15) is 6.92 Å². The summed E-state index contributed by atoms with van der Waals surface area (Å²) in [7, 11) is 1.57. The van der Waals surface area contributed by atoms with E-state index < -0.39 is 0 Å². The average Bonchev–Trinajstić information content (AvgIpc) is 3.11. The second-order valence-corrected chi connectivity index (χ2v) is 6.24. The van der Waals surface area contributed by atoms with Gasteiger partial charge in [-0.3, -0.25) is 4.79 Å². The number of anilines is 2. The molecule has 0 aliphatic rings. The molecule has 1 N–H and O–H groups in total. The molecule has 0 atom stereocenters. The first-order chi connectivity index (χ1) is 13.7. The molecule has 2 aromatic carbocycles. The molecule has 28 heavy (non-hydrogen) atoms. The van der Waals surface area contributed by atoms with E-state index in [-0.39, 0.29) is 12.5 Å². The van der Waals surface area contributed by atoms with Crippen LogP contribution in [0, 0.1) is 0 Å². The number of aromatic nitrogens is 2. The Morgan fingerprint density at radius 3 is 2.75 bits per heavy atom. The SMILES string of the molecule is CCN(CC(=O)Nc1ccccc1OC)c1ncnc2c1oc1ccccc12. The van der Waals surface area contributed by atoms with Crippen molar-refractivity contribution in [1.29, 1.82) is 0 Å². The van der Waals surface area contributed by atoms with Crippen molar-refractivity contribution in [3.05, 3.63) is 54.9 Å². The Morgan fingerprint density at radius 1 is 1.14 bits per heavy atom. The van der Waals surface area contributed by atoms with Gasteiger partial charge < -0.3 is 19.4 Å². The zero-order chi connectivity index (χ0) is 19.5. The van der Waals surface area contributed by atoms with Crippen LogP contribution in [0.5, 0.6) is 5.75 Å². The van der Waals surface area contributed by atoms with Crippen LogP contribution in [-0.2, 0) is 4.79 Å². The summed E-state index contributed by atoms with van der Waals surface area (Å²) in [6, 6.07) is 15.0. The third kappa shape index (κ3) is 3.22. The lowest BCUT2D eigenvalue weighted by atomic mass is 10.2. The van der Waals surface area contributed by atoms with Gasteiger partial charge in [0.15, 0.2) is 11.4 Å². The number of para-hydroxylation sites is 3. The summed E-state index contributed by atoms with van der Waals surface area (Å²) >= 11 is 0. The van der Waals surface area contributed by atoms with E-state index in [1.165, 1.54) is 6.33 Å². The first-order valence-electron chi connectivity index (χ1n) is 9.01. The van der Waals surface area contributed by atoms with Gasteiger partial charge in [0, 0.05) is 11.9 Å². The first kappa shape index (κ1) is 17.8. The predicted octanol–water partition coefficient (Wildman–Crippen LogP) is 3.85. The molecule has 2 heterocycles. The van der Waals surface area contributed by atoms with Gasteiger partial charge in [-0.25, -0.2) is 9.97 Å². The highest BCUT2D eigenvalue weighted by Gasteiger charge is 2.19. The molecule has 7 heteroatoms. The van der Waals surface area contributed by atoms with E-state index in [2.05, 4.69) is 15.3 Å². The van der Waals surface area contributed by atoms with Crippen molar-refractivity contribution in [2.45, 2.75) is 6.92 Å². The Balaban J connectivity index is 1.63.